The van der Waals surface area contributed by atoms with Gasteiger partial charge in [0.1, 0.15) is 5.76 Å². The molecule has 1 N–H and O–H groups in total. The number of nitrogens with one attached hydrogen (secondary N) is 1. The second-order valence-electron chi connectivity index (χ2n) is 6.00. The fourth-order valence-electron chi connectivity index (χ4n) is 3.17. The van der Waals surface area contributed by atoms with Crippen LogP contribution in [0.2, 0.25) is 0 Å². The first-order valence-corrected chi connectivity index (χ1v) is 8.22. The standard InChI is InChI=1S/C18H23N3O2/c1-14-16(7-11-23-14)18(22)20-13-17(15-6-5-8-19-12-15)21-9-3-2-4-10-21/h5-8,11-12,17H,2-4,9-10,13H2,1H3,(H,20,22)/t17-/m0/s1. The van der Waals surface area contributed by atoms with Gasteiger partial charge in [-0.3, -0.25) is 14.7 Å². The molecule has 2 aromatic rings. The van der Waals surface area contributed by atoms with Gasteiger partial charge in [-0.1, -0.05) is 12.5 Å². The highest BCUT2D eigenvalue weighted by Gasteiger charge is 2.23. The highest BCUT2D eigenvalue weighted by molar-refractivity contribution is 5.95. The van der Waals surface area contributed by atoms with E-state index in [1.807, 2.05) is 12.3 Å². The lowest BCUT2D eigenvalue weighted by Crippen LogP contribution is -2.40. The number of hydrogen-bond acceptors (Lipinski definition) is 4. The van der Waals surface area contributed by atoms with E-state index in [0.717, 1.165) is 18.7 Å². The molecule has 0 unspecified atom stereocenters. The number of aromatic nitrogens is 1. The van der Waals surface area contributed by atoms with Gasteiger partial charge < -0.3 is 9.73 Å². The molecule has 5 heteroatoms. The number of nitrogens with zero attached hydrogens (tertiary/aromatic N) is 2. The molecule has 3 heterocycles. The van der Waals surface area contributed by atoms with Gasteiger partial charge >= 0.3 is 0 Å². The van der Waals surface area contributed by atoms with E-state index in [2.05, 4.69) is 21.3 Å². The molecule has 0 radical (unpaired) electrons. The molecule has 23 heavy (non-hydrogen) atoms. The third-order valence-electron chi connectivity index (χ3n) is 4.46. The fourth-order valence-corrected chi connectivity index (χ4v) is 3.17. The average molecular weight is 313 g/mol. The molecule has 1 aliphatic rings. The number of likely N-dealkylation sites (tertiary alicyclic amines) is 1. The Balaban J connectivity index is 1.71. The Morgan fingerprint density at radius 3 is 2.83 bits per heavy atom. The minimum absolute atomic E-state index is 0.0813. The van der Waals surface area contributed by atoms with Gasteiger partial charge in [-0.15, -0.1) is 0 Å². The number of carbonyl (C=O) groups is 1. The molecule has 3 rings (SSSR count). The number of hydrogen-bond donors (Lipinski definition) is 1. The molecule has 0 saturated carbocycles. The zero-order chi connectivity index (χ0) is 16.1. The SMILES string of the molecule is Cc1occc1C(=O)NC[C@@H](c1cccnc1)N1CCCCC1. The van der Waals surface area contributed by atoms with Crippen LogP contribution in [-0.2, 0) is 0 Å². The van der Waals surface area contributed by atoms with Crippen LogP contribution in [0.5, 0.6) is 0 Å². The highest BCUT2D eigenvalue weighted by Crippen LogP contribution is 2.23. The second kappa shape index (κ2) is 7.42. The van der Waals surface area contributed by atoms with E-state index in [9.17, 15) is 4.79 Å². The third-order valence-corrected chi connectivity index (χ3v) is 4.46. The zero-order valence-electron chi connectivity index (χ0n) is 13.5. The Morgan fingerprint density at radius 1 is 1.35 bits per heavy atom. The van der Waals surface area contributed by atoms with Crippen LogP contribution in [0.25, 0.3) is 0 Å². The van der Waals surface area contributed by atoms with Crippen molar-refractivity contribution in [3.63, 3.8) is 0 Å². The van der Waals surface area contributed by atoms with Gasteiger partial charge in [-0.05, 0) is 50.6 Å². The second-order valence-corrected chi connectivity index (χ2v) is 6.00. The van der Waals surface area contributed by atoms with Gasteiger partial charge in [0, 0.05) is 18.9 Å². The lowest BCUT2D eigenvalue weighted by Gasteiger charge is -2.34. The van der Waals surface area contributed by atoms with Crippen LogP contribution >= 0.6 is 0 Å². The maximum Gasteiger partial charge on any atom is 0.254 e. The van der Waals surface area contributed by atoms with E-state index in [4.69, 9.17) is 4.42 Å². The largest absolute Gasteiger partial charge is 0.469 e. The van der Waals surface area contributed by atoms with Crippen LogP contribution in [0.3, 0.4) is 0 Å². The molecule has 122 valence electrons. The monoisotopic (exact) mass is 313 g/mol. The molecule has 0 spiro atoms. The van der Waals surface area contributed by atoms with Crippen molar-refractivity contribution >= 4 is 5.91 Å². The minimum atomic E-state index is -0.0813. The van der Waals surface area contributed by atoms with E-state index in [1.165, 1.54) is 19.3 Å². The Hall–Kier alpha value is -2.14. The lowest BCUT2D eigenvalue weighted by molar-refractivity contribution is 0.0923. The van der Waals surface area contributed by atoms with Crippen LogP contribution in [-0.4, -0.2) is 35.4 Å². The van der Waals surface area contributed by atoms with E-state index < -0.39 is 0 Å². The predicted molar refractivity (Wildman–Crippen MR) is 88.2 cm³/mol. The Morgan fingerprint density at radius 2 is 2.17 bits per heavy atom. The average Bonchev–Trinajstić information content (AvgIpc) is 3.03. The number of pyridine rings is 1. The van der Waals surface area contributed by atoms with Crippen molar-refractivity contribution in [1.82, 2.24) is 15.2 Å². The van der Waals surface area contributed by atoms with Crippen LogP contribution in [0.1, 0.15) is 47.0 Å². The van der Waals surface area contributed by atoms with Crippen molar-refractivity contribution in [1.29, 1.82) is 0 Å². The number of rotatable bonds is 5. The summed E-state index contributed by atoms with van der Waals surface area (Å²) >= 11 is 0. The summed E-state index contributed by atoms with van der Waals surface area (Å²) < 4.78 is 5.21. The number of piperidine rings is 1. The molecule has 5 nitrogen and oxygen atoms in total. The van der Waals surface area contributed by atoms with Gasteiger partial charge in [-0.2, -0.15) is 0 Å². The molecular weight excluding hydrogens is 290 g/mol. The summed E-state index contributed by atoms with van der Waals surface area (Å²) in [6, 6.07) is 5.92. The molecule has 0 aliphatic carbocycles. The molecule has 1 saturated heterocycles. The van der Waals surface area contributed by atoms with Crippen molar-refractivity contribution in [2.45, 2.75) is 32.2 Å². The summed E-state index contributed by atoms with van der Waals surface area (Å²) in [4.78, 5) is 19.0. The number of carbonyl (C=O) groups excluding carboxylic acids is 1. The van der Waals surface area contributed by atoms with E-state index in [-0.39, 0.29) is 11.9 Å². The van der Waals surface area contributed by atoms with Crippen LogP contribution in [0.15, 0.2) is 41.3 Å². The smallest absolute Gasteiger partial charge is 0.254 e. The fraction of sp³-hybridized carbons (Fsp3) is 0.444. The molecule has 0 bridgehead atoms. The minimum Gasteiger partial charge on any atom is -0.469 e. The number of furan rings is 1. The summed E-state index contributed by atoms with van der Waals surface area (Å²) in [6.45, 7) is 4.52. The van der Waals surface area contributed by atoms with Crippen LogP contribution in [0.4, 0.5) is 0 Å². The van der Waals surface area contributed by atoms with Gasteiger partial charge in [-0.25, -0.2) is 0 Å². The van der Waals surface area contributed by atoms with Crippen molar-refractivity contribution in [2.24, 2.45) is 0 Å². The molecular formula is C18H23N3O2. The summed E-state index contributed by atoms with van der Waals surface area (Å²) in [6.07, 6.45) is 8.94. The summed E-state index contributed by atoms with van der Waals surface area (Å²) in [5, 5.41) is 3.05. The maximum absolute atomic E-state index is 12.3. The molecule has 1 aliphatic heterocycles. The number of amides is 1. The van der Waals surface area contributed by atoms with Gasteiger partial charge in [0.2, 0.25) is 0 Å². The molecule has 1 amide bonds. The quantitative estimate of drug-likeness (QED) is 0.922. The van der Waals surface area contributed by atoms with Gasteiger partial charge in [0.15, 0.2) is 0 Å². The summed E-state index contributed by atoms with van der Waals surface area (Å²) in [5.74, 6) is 0.570. The van der Waals surface area contributed by atoms with E-state index in [0.29, 0.717) is 17.9 Å². The van der Waals surface area contributed by atoms with Crippen molar-refractivity contribution in [3.05, 3.63) is 53.7 Å². The van der Waals surface area contributed by atoms with E-state index >= 15 is 0 Å². The van der Waals surface area contributed by atoms with Gasteiger partial charge in [0.05, 0.1) is 17.9 Å². The van der Waals surface area contributed by atoms with Crippen molar-refractivity contribution < 1.29 is 9.21 Å². The van der Waals surface area contributed by atoms with Gasteiger partial charge in [0.25, 0.3) is 5.91 Å². The predicted octanol–water partition coefficient (Wildman–Crippen LogP) is 2.94. The van der Waals surface area contributed by atoms with Crippen molar-refractivity contribution in [3.8, 4) is 0 Å². The summed E-state index contributed by atoms with van der Waals surface area (Å²) in [7, 11) is 0. The molecule has 0 aromatic carbocycles. The topological polar surface area (TPSA) is 58.4 Å². The summed E-state index contributed by atoms with van der Waals surface area (Å²) in [5.41, 5.74) is 1.76. The normalized spacial score (nSPS) is 16.9. The van der Waals surface area contributed by atoms with Crippen molar-refractivity contribution in [2.75, 3.05) is 19.6 Å². The Labute approximate surface area is 136 Å². The molecule has 1 atom stereocenters. The molecule has 1 fully saturated rings. The van der Waals surface area contributed by atoms with Crippen LogP contribution in [0, 0.1) is 6.92 Å². The first-order valence-electron chi connectivity index (χ1n) is 8.22. The van der Waals surface area contributed by atoms with Crippen LogP contribution < -0.4 is 5.32 Å². The zero-order valence-corrected chi connectivity index (χ0v) is 13.5. The Kier molecular flexibility index (Phi) is 5.08. The first kappa shape index (κ1) is 15.7. The van der Waals surface area contributed by atoms with E-state index in [1.54, 1.807) is 25.5 Å². The maximum atomic E-state index is 12.3. The first-order chi connectivity index (χ1) is 11.3. The third kappa shape index (κ3) is 3.79. The number of aryl methyl sites for hydroxylation is 1. The highest BCUT2D eigenvalue weighted by atomic mass is 16.3. The molecule has 2 aromatic heterocycles. The lowest BCUT2D eigenvalue weighted by atomic mass is 10.0. The Bertz CT molecular complexity index is 633.